The number of hydrogen-bond donors (Lipinski definition) is 0. The zero-order chi connectivity index (χ0) is 15.5. The van der Waals surface area contributed by atoms with Crippen LogP contribution in [0.4, 0.5) is 0 Å². The van der Waals surface area contributed by atoms with Crippen LogP contribution in [0.25, 0.3) is 5.82 Å². The summed E-state index contributed by atoms with van der Waals surface area (Å²) < 4.78 is 1.29. The summed E-state index contributed by atoms with van der Waals surface area (Å²) >= 11 is 5.93. The smallest absolute Gasteiger partial charge is 0.256 e. The molecule has 0 N–H and O–H groups in total. The van der Waals surface area contributed by atoms with Crippen molar-refractivity contribution in [3.8, 4) is 5.82 Å². The van der Waals surface area contributed by atoms with Crippen molar-refractivity contribution in [3.63, 3.8) is 0 Å². The van der Waals surface area contributed by atoms with Crippen LogP contribution >= 0.6 is 11.6 Å². The quantitative estimate of drug-likeness (QED) is 0.698. The Morgan fingerprint density at radius 1 is 1.00 bits per heavy atom. The van der Waals surface area contributed by atoms with Gasteiger partial charge in [0, 0.05) is 22.8 Å². The first-order valence-corrected chi connectivity index (χ1v) is 6.98. The second kappa shape index (κ2) is 5.95. The molecule has 0 amide bonds. The molecule has 0 bridgehead atoms. The van der Waals surface area contributed by atoms with Gasteiger partial charge >= 0.3 is 0 Å². The molecular formula is C17H11ClN2O2. The predicted octanol–water partition coefficient (Wildman–Crippen LogP) is 3.12. The maximum Gasteiger partial charge on any atom is 0.256 e. The second-order valence-electron chi connectivity index (χ2n) is 4.61. The Morgan fingerprint density at radius 2 is 1.82 bits per heavy atom. The van der Waals surface area contributed by atoms with Crippen LogP contribution in [0.3, 0.4) is 0 Å². The molecule has 0 saturated carbocycles. The lowest BCUT2D eigenvalue weighted by Gasteiger charge is -2.11. The van der Waals surface area contributed by atoms with E-state index in [0.717, 1.165) is 0 Å². The van der Waals surface area contributed by atoms with Gasteiger partial charge in [0.05, 0.1) is 5.69 Å². The Bertz CT molecular complexity index is 888. The van der Waals surface area contributed by atoms with Gasteiger partial charge in [-0.3, -0.25) is 14.2 Å². The number of rotatable bonds is 3. The number of halogens is 1. The van der Waals surface area contributed by atoms with Gasteiger partial charge in [-0.15, -0.1) is 0 Å². The van der Waals surface area contributed by atoms with Crippen molar-refractivity contribution in [2.75, 3.05) is 0 Å². The maximum atomic E-state index is 12.7. The van der Waals surface area contributed by atoms with E-state index in [1.807, 2.05) is 0 Å². The third-order valence-electron chi connectivity index (χ3n) is 3.15. The van der Waals surface area contributed by atoms with Gasteiger partial charge in [-0.2, -0.15) is 0 Å². The highest BCUT2D eigenvalue weighted by Gasteiger charge is 2.16. The third-order valence-corrected chi connectivity index (χ3v) is 3.39. The normalized spacial score (nSPS) is 10.4. The fourth-order valence-electron chi connectivity index (χ4n) is 2.17. The number of benzene rings is 1. The lowest BCUT2D eigenvalue weighted by atomic mass is 10.1. The molecule has 4 nitrogen and oxygen atoms in total. The number of carbonyl (C=O) groups is 1. The van der Waals surface area contributed by atoms with Gasteiger partial charge in [0.1, 0.15) is 5.82 Å². The van der Waals surface area contributed by atoms with Crippen molar-refractivity contribution < 1.29 is 4.79 Å². The van der Waals surface area contributed by atoms with Crippen LogP contribution in [0.1, 0.15) is 16.1 Å². The van der Waals surface area contributed by atoms with E-state index in [0.29, 0.717) is 16.4 Å². The minimum absolute atomic E-state index is 0.244. The molecule has 0 aliphatic heterocycles. The molecule has 0 unspecified atom stereocenters. The topological polar surface area (TPSA) is 52.0 Å². The number of nitrogens with zero attached hydrogens (tertiary/aromatic N) is 2. The van der Waals surface area contributed by atoms with Gasteiger partial charge in [-0.05, 0) is 30.3 Å². The molecular weight excluding hydrogens is 300 g/mol. The molecule has 0 spiro atoms. The monoisotopic (exact) mass is 310 g/mol. The summed E-state index contributed by atoms with van der Waals surface area (Å²) in [4.78, 5) is 29.0. The van der Waals surface area contributed by atoms with Crippen molar-refractivity contribution >= 4 is 17.4 Å². The Morgan fingerprint density at radius 3 is 2.55 bits per heavy atom. The molecule has 2 heterocycles. The first-order chi connectivity index (χ1) is 10.7. The van der Waals surface area contributed by atoms with E-state index >= 15 is 0 Å². The average Bonchev–Trinajstić information content (AvgIpc) is 2.55. The molecule has 1 aromatic carbocycles. The summed E-state index contributed by atoms with van der Waals surface area (Å²) in [5.41, 5.74) is 0.350. The van der Waals surface area contributed by atoms with Crippen LogP contribution in [0.5, 0.6) is 0 Å². The van der Waals surface area contributed by atoms with E-state index in [-0.39, 0.29) is 17.0 Å². The van der Waals surface area contributed by atoms with Gasteiger partial charge in [0.15, 0.2) is 0 Å². The highest BCUT2D eigenvalue weighted by atomic mass is 35.5. The van der Waals surface area contributed by atoms with E-state index < -0.39 is 0 Å². The van der Waals surface area contributed by atoms with Crippen LogP contribution in [-0.4, -0.2) is 15.3 Å². The molecule has 2 aromatic heterocycles. The molecule has 108 valence electrons. The molecule has 0 aliphatic rings. The summed E-state index contributed by atoms with van der Waals surface area (Å²) in [5.74, 6) is 0.115. The Labute approximate surface area is 131 Å². The number of aromatic nitrogens is 2. The van der Waals surface area contributed by atoms with Gasteiger partial charge in [-0.25, -0.2) is 4.98 Å². The minimum Gasteiger partial charge on any atom is -0.287 e. The molecule has 3 aromatic rings. The van der Waals surface area contributed by atoms with E-state index in [2.05, 4.69) is 4.98 Å². The first-order valence-electron chi connectivity index (χ1n) is 6.60. The van der Waals surface area contributed by atoms with Gasteiger partial charge in [0.2, 0.25) is 5.78 Å². The Balaban J connectivity index is 2.18. The molecule has 0 saturated heterocycles. The van der Waals surface area contributed by atoms with Gasteiger partial charge < -0.3 is 0 Å². The van der Waals surface area contributed by atoms with Crippen molar-refractivity contribution in [2.45, 2.75) is 0 Å². The molecule has 22 heavy (non-hydrogen) atoms. The Hall–Kier alpha value is -2.72. The number of pyridine rings is 2. The summed E-state index contributed by atoms with van der Waals surface area (Å²) in [7, 11) is 0. The zero-order valence-corrected chi connectivity index (χ0v) is 12.2. The summed E-state index contributed by atoms with van der Waals surface area (Å²) in [6.45, 7) is 0. The van der Waals surface area contributed by atoms with Crippen molar-refractivity contribution in [3.05, 3.63) is 93.5 Å². The molecule has 0 fully saturated rings. The van der Waals surface area contributed by atoms with Crippen LogP contribution in [0.2, 0.25) is 5.02 Å². The second-order valence-corrected chi connectivity index (χ2v) is 5.05. The summed E-state index contributed by atoms with van der Waals surface area (Å²) in [6, 6.07) is 16.3. The highest BCUT2D eigenvalue weighted by Crippen LogP contribution is 2.15. The van der Waals surface area contributed by atoms with Crippen LogP contribution < -0.4 is 5.56 Å². The fraction of sp³-hybridized carbons (Fsp3) is 0. The third kappa shape index (κ3) is 2.69. The van der Waals surface area contributed by atoms with Crippen LogP contribution in [0, 0.1) is 0 Å². The predicted molar refractivity (Wildman–Crippen MR) is 84.7 cm³/mol. The van der Waals surface area contributed by atoms with E-state index in [1.54, 1.807) is 60.8 Å². The standard InChI is InChI=1S/C17H11ClN2O2/c18-13-6-3-5-12(11-13)17(22)14-7-4-9-16(21)20(14)15-8-1-2-10-19-15/h1-11H. The number of hydrogen-bond acceptors (Lipinski definition) is 3. The number of ketones is 1. The largest absolute Gasteiger partial charge is 0.287 e. The van der Waals surface area contributed by atoms with Crippen LogP contribution in [0.15, 0.2) is 71.7 Å². The van der Waals surface area contributed by atoms with E-state index in [4.69, 9.17) is 11.6 Å². The SMILES string of the molecule is O=C(c1cccc(Cl)c1)c1cccc(=O)n1-c1ccccn1. The Kier molecular flexibility index (Phi) is 3.85. The van der Waals surface area contributed by atoms with Crippen molar-refractivity contribution in [2.24, 2.45) is 0 Å². The summed E-state index contributed by atoms with van der Waals surface area (Å²) in [5, 5.41) is 0.466. The maximum absolute atomic E-state index is 12.7. The average molecular weight is 311 g/mol. The minimum atomic E-state index is -0.313. The van der Waals surface area contributed by atoms with Gasteiger partial charge in [0.25, 0.3) is 5.56 Å². The van der Waals surface area contributed by atoms with E-state index in [1.165, 1.54) is 10.6 Å². The highest BCUT2D eigenvalue weighted by molar-refractivity contribution is 6.31. The first kappa shape index (κ1) is 14.2. The molecule has 0 aliphatic carbocycles. The number of carbonyl (C=O) groups excluding carboxylic acids is 1. The van der Waals surface area contributed by atoms with Crippen molar-refractivity contribution in [1.29, 1.82) is 0 Å². The molecule has 3 rings (SSSR count). The molecule has 5 heteroatoms. The van der Waals surface area contributed by atoms with Crippen molar-refractivity contribution in [1.82, 2.24) is 9.55 Å². The fourth-order valence-corrected chi connectivity index (χ4v) is 2.36. The molecule has 0 atom stereocenters. The zero-order valence-electron chi connectivity index (χ0n) is 11.4. The van der Waals surface area contributed by atoms with E-state index in [9.17, 15) is 9.59 Å². The lowest BCUT2D eigenvalue weighted by Crippen LogP contribution is -2.24. The molecule has 0 radical (unpaired) electrons. The lowest BCUT2D eigenvalue weighted by molar-refractivity contribution is 0.103. The van der Waals surface area contributed by atoms with Gasteiger partial charge in [-0.1, -0.05) is 35.9 Å². The van der Waals surface area contributed by atoms with Crippen LogP contribution in [-0.2, 0) is 0 Å². The summed E-state index contributed by atoms with van der Waals surface area (Å²) in [6.07, 6.45) is 1.57.